The van der Waals surface area contributed by atoms with Crippen molar-refractivity contribution in [2.75, 3.05) is 24.7 Å². The molecular weight excluding hydrogens is 216 g/mol. The fourth-order valence-electron chi connectivity index (χ4n) is 2.70. The van der Waals surface area contributed by atoms with Gasteiger partial charge in [-0.2, -0.15) is 0 Å². The Morgan fingerprint density at radius 3 is 3.00 bits per heavy atom. The highest BCUT2D eigenvalue weighted by molar-refractivity contribution is 6.06. The Morgan fingerprint density at radius 2 is 2.24 bits per heavy atom. The Labute approximate surface area is 100 Å². The minimum atomic E-state index is 0.469. The second-order valence-electron chi connectivity index (χ2n) is 4.52. The lowest BCUT2D eigenvalue weighted by Crippen LogP contribution is -2.41. The van der Waals surface area contributed by atoms with Gasteiger partial charge in [0.05, 0.1) is 18.4 Å². The van der Waals surface area contributed by atoms with Gasteiger partial charge in [0, 0.05) is 30.8 Å². The van der Waals surface area contributed by atoms with Crippen LogP contribution in [0.25, 0.3) is 0 Å². The second kappa shape index (κ2) is 4.37. The van der Waals surface area contributed by atoms with Gasteiger partial charge in [-0.1, -0.05) is 23.4 Å². The van der Waals surface area contributed by atoms with Gasteiger partial charge in [0.25, 0.3) is 0 Å². The van der Waals surface area contributed by atoms with Crippen LogP contribution < -0.4 is 4.90 Å². The van der Waals surface area contributed by atoms with Crippen LogP contribution in [0.4, 0.5) is 5.69 Å². The van der Waals surface area contributed by atoms with Crippen molar-refractivity contribution in [2.45, 2.75) is 18.9 Å². The maximum Gasteiger partial charge on any atom is 0.0906 e. The topological polar surface area (TPSA) is 45.1 Å². The van der Waals surface area contributed by atoms with Crippen molar-refractivity contribution in [2.24, 2.45) is 5.16 Å². The number of anilines is 1. The number of nitrogens with zero attached hydrogens (tertiary/aromatic N) is 2. The van der Waals surface area contributed by atoms with E-state index < -0.39 is 0 Å². The van der Waals surface area contributed by atoms with Gasteiger partial charge in [-0.3, -0.25) is 0 Å². The minimum Gasteiger partial charge on any atom is -0.411 e. The number of hydrogen-bond donors (Lipinski definition) is 1. The molecule has 1 fully saturated rings. The van der Waals surface area contributed by atoms with Gasteiger partial charge in [-0.25, -0.2) is 0 Å². The van der Waals surface area contributed by atoms with Gasteiger partial charge < -0.3 is 14.8 Å². The van der Waals surface area contributed by atoms with E-state index in [1.807, 2.05) is 18.2 Å². The molecule has 0 bridgehead atoms. The summed E-state index contributed by atoms with van der Waals surface area (Å²) in [6, 6.07) is 8.60. The molecule has 1 atom stereocenters. The lowest BCUT2D eigenvalue weighted by atomic mass is 9.98. The molecule has 0 aliphatic carbocycles. The summed E-state index contributed by atoms with van der Waals surface area (Å²) in [5.41, 5.74) is 3.01. The molecule has 0 radical (unpaired) electrons. The van der Waals surface area contributed by atoms with E-state index in [-0.39, 0.29) is 0 Å². The van der Waals surface area contributed by atoms with E-state index >= 15 is 0 Å². The fraction of sp³-hybridized carbons (Fsp3) is 0.462. The number of para-hydroxylation sites is 1. The van der Waals surface area contributed by atoms with Crippen LogP contribution in [-0.2, 0) is 4.74 Å². The Hall–Kier alpha value is -1.55. The number of hydrogen-bond acceptors (Lipinski definition) is 4. The third-order valence-corrected chi connectivity index (χ3v) is 3.58. The molecule has 2 aliphatic rings. The molecule has 0 amide bonds. The van der Waals surface area contributed by atoms with Gasteiger partial charge in [0.15, 0.2) is 0 Å². The third-order valence-electron chi connectivity index (χ3n) is 3.58. The van der Waals surface area contributed by atoms with Crippen LogP contribution in [0.2, 0.25) is 0 Å². The summed E-state index contributed by atoms with van der Waals surface area (Å²) in [5.74, 6) is 0. The number of benzene rings is 1. The molecule has 3 rings (SSSR count). The third kappa shape index (κ3) is 1.78. The lowest BCUT2D eigenvalue weighted by molar-refractivity contribution is 0.193. The molecular formula is C13H16N2O2. The summed E-state index contributed by atoms with van der Waals surface area (Å²) < 4.78 is 5.46. The van der Waals surface area contributed by atoms with Crippen LogP contribution >= 0.6 is 0 Å². The first kappa shape index (κ1) is 10.6. The average Bonchev–Trinajstić information content (AvgIpc) is 2.91. The minimum absolute atomic E-state index is 0.469. The number of ether oxygens (including phenoxy) is 1. The van der Waals surface area contributed by atoms with Crippen molar-refractivity contribution in [1.29, 1.82) is 0 Å². The number of oxime groups is 1. The molecule has 1 aromatic carbocycles. The lowest BCUT2D eigenvalue weighted by Gasteiger charge is -2.35. The summed E-state index contributed by atoms with van der Waals surface area (Å²) in [7, 11) is 0. The van der Waals surface area contributed by atoms with Crippen LogP contribution in [0.5, 0.6) is 0 Å². The van der Waals surface area contributed by atoms with Gasteiger partial charge in [0.2, 0.25) is 0 Å². The van der Waals surface area contributed by atoms with Crippen LogP contribution in [0, 0.1) is 0 Å². The maximum absolute atomic E-state index is 9.03. The first-order chi connectivity index (χ1) is 8.40. The van der Waals surface area contributed by atoms with Gasteiger partial charge in [0.1, 0.15) is 0 Å². The highest BCUT2D eigenvalue weighted by Gasteiger charge is 2.29. The summed E-state index contributed by atoms with van der Waals surface area (Å²) in [5, 5.41) is 12.4. The van der Waals surface area contributed by atoms with E-state index in [1.165, 1.54) is 5.69 Å². The van der Waals surface area contributed by atoms with Gasteiger partial charge in [-0.05, 0) is 12.5 Å². The van der Waals surface area contributed by atoms with Crippen LogP contribution in [0.1, 0.15) is 18.4 Å². The molecule has 1 unspecified atom stereocenters. The fourth-order valence-corrected chi connectivity index (χ4v) is 2.70. The SMILES string of the molecule is ON=C1CCN(C2CCOC2)c2ccccc21. The molecule has 1 N–H and O–H groups in total. The highest BCUT2D eigenvalue weighted by Crippen LogP contribution is 2.30. The number of rotatable bonds is 1. The van der Waals surface area contributed by atoms with Gasteiger partial charge >= 0.3 is 0 Å². The smallest absolute Gasteiger partial charge is 0.0906 e. The Bertz CT molecular complexity index is 439. The highest BCUT2D eigenvalue weighted by atomic mass is 16.5. The second-order valence-corrected chi connectivity index (χ2v) is 4.52. The van der Waals surface area contributed by atoms with E-state index in [4.69, 9.17) is 9.94 Å². The van der Waals surface area contributed by atoms with Crippen molar-refractivity contribution in [3.8, 4) is 0 Å². The Balaban J connectivity index is 1.98. The normalized spacial score (nSPS) is 26.2. The van der Waals surface area contributed by atoms with Crippen molar-refractivity contribution >= 4 is 11.4 Å². The Morgan fingerprint density at radius 1 is 1.35 bits per heavy atom. The molecule has 4 nitrogen and oxygen atoms in total. The van der Waals surface area contributed by atoms with Crippen molar-refractivity contribution in [3.63, 3.8) is 0 Å². The van der Waals surface area contributed by atoms with Crippen molar-refractivity contribution < 1.29 is 9.94 Å². The zero-order valence-corrected chi connectivity index (χ0v) is 9.67. The van der Waals surface area contributed by atoms with Crippen LogP contribution in [0.3, 0.4) is 0 Å². The zero-order chi connectivity index (χ0) is 11.7. The largest absolute Gasteiger partial charge is 0.411 e. The van der Waals surface area contributed by atoms with E-state index in [1.54, 1.807) is 0 Å². The molecule has 2 aliphatic heterocycles. The molecule has 1 saturated heterocycles. The molecule has 4 heteroatoms. The summed E-state index contributed by atoms with van der Waals surface area (Å²) in [6.45, 7) is 2.56. The predicted molar refractivity (Wildman–Crippen MR) is 66.0 cm³/mol. The maximum atomic E-state index is 9.03. The molecule has 2 heterocycles. The standard InChI is InChI=1S/C13H16N2O2/c16-14-12-5-7-15(10-6-8-17-9-10)13-4-2-1-3-11(12)13/h1-4,10,16H,5-9H2. The molecule has 0 saturated carbocycles. The predicted octanol–water partition coefficient (Wildman–Crippen LogP) is 1.86. The van der Waals surface area contributed by atoms with Crippen molar-refractivity contribution in [1.82, 2.24) is 0 Å². The molecule has 0 aromatic heterocycles. The summed E-state index contributed by atoms with van der Waals surface area (Å²) in [4.78, 5) is 2.39. The van der Waals surface area contributed by atoms with Crippen LogP contribution in [0.15, 0.2) is 29.4 Å². The quantitative estimate of drug-likeness (QED) is 0.594. The molecule has 0 spiro atoms. The molecule has 17 heavy (non-hydrogen) atoms. The Kier molecular flexibility index (Phi) is 2.73. The monoisotopic (exact) mass is 232 g/mol. The molecule has 1 aromatic rings. The van der Waals surface area contributed by atoms with E-state index in [9.17, 15) is 0 Å². The molecule has 90 valence electrons. The van der Waals surface area contributed by atoms with Gasteiger partial charge in [-0.15, -0.1) is 0 Å². The number of fused-ring (bicyclic) bond motifs is 1. The first-order valence-electron chi connectivity index (χ1n) is 6.05. The van der Waals surface area contributed by atoms with E-state index in [2.05, 4.69) is 16.1 Å². The van der Waals surface area contributed by atoms with Crippen molar-refractivity contribution in [3.05, 3.63) is 29.8 Å². The zero-order valence-electron chi connectivity index (χ0n) is 9.67. The average molecular weight is 232 g/mol. The first-order valence-corrected chi connectivity index (χ1v) is 6.05. The van der Waals surface area contributed by atoms with E-state index in [0.717, 1.165) is 43.9 Å². The summed E-state index contributed by atoms with van der Waals surface area (Å²) >= 11 is 0. The van der Waals surface area contributed by atoms with Crippen LogP contribution in [-0.4, -0.2) is 36.7 Å². The summed E-state index contributed by atoms with van der Waals surface area (Å²) in [6.07, 6.45) is 1.88. The van der Waals surface area contributed by atoms with E-state index in [0.29, 0.717) is 6.04 Å².